The summed E-state index contributed by atoms with van der Waals surface area (Å²) in [4.78, 5) is 17.0. The minimum Gasteiger partial charge on any atom is -0.493 e. The summed E-state index contributed by atoms with van der Waals surface area (Å²) in [7, 11) is 3.48. The topological polar surface area (TPSA) is 54.0 Å². The lowest BCUT2D eigenvalue weighted by Gasteiger charge is -2.35. The number of carbonyl (C=O) groups excluding carboxylic acids is 1. The number of ether oxygens (including phenoxy) is 2. The molecule has 0 bridgehead atoms. The second-order valence-corrected chi connectivity index (χ2v) is 7.26. The average Bonchev–Trinajstić information content (AvgIpc) is 2.77. The van der Waals surface area contributed by atoms with Crippen molar-refractivity contribution in [3.05, 3.63) is 59.7 Å². The zero-order chi connectivity index (χ0) is 22.2. The maximum absolute atomic E-state index is 12.4. The van der Waals surface area contributed by atoms with E-state index in [1.165, 1.54) is 25.3 Å². The first kappa shape index (κ1) is 22.6. The van der Waals surface area contributed by atoms with Gasteiger partial charge in [0, 0.05) is 44.5 Å². The van der Waals surface area contributed by atoms with Crippen molar-refractivity contribution in [2.24, 2.45) is 0 Å². The SMILES string of the molecule is COc1cc(/C=C/C(=O)NCc2ccccc2N2CCN(C)CC2)ccc1OC(F)F. The van der Waals surface area contributed by atoms with Crippen LogP contribution in [0.4, 0.5) is 14.5 Å². The Morgan fingerprint density at radius 1 is 1.13 bits per heavy atom. The van der Waals surface area contributed by atoms with Crippen LogP contribution in [0.25, 0.3) is 6.08 Å². The van der Waals surface area contributed by atoms with Crippen LogP contribution in [0, 0.1) is 0 Å². The molecule has 2 aromatic carbocycles. The molecule has 1 saturated heterocycles. The van der Waals surface area contributed by atoms with E-state index in [0.29, 0.717) is 12.1 Å². The number of piperazine rings is 1. The molecule has 0 atom stereocenters. The molecule has 0 radical (unpaired) electrons. The van der Waals surface area contributed by atoms with Gasteiger partial charge in [0.15, 0.2) is 11.5 Å². The van der Waals surface area contributed by atoms with E-state index in [4.69, 9.17) is 4.74 Å². The molecule has 1 aliphatic heterocycles. The lowest BCUT2D eigenvalue weighted by molar-refractivity contribution is -0.116. The van der Waals surface area contributed by atoms with Crippen molar-refractivity contribution in [2.75, 3.05) is 45.2 Å². The van der Waals surface area contributed by atoms with Crippen molar-refractivity contribution >= 4 is 17.7 Å². The number of hydrogen-bond acceptors (Lipinski definition) is 5. The molecule has 0 saturated carbocycles. The van der Waals surface area contributed by atoms with Gasteiger partial charge < -0.3 is 24.6 Å². The summed E-state index contributed by atoms with van der Waals surface area (Å²) < 4.78 is 34.3. The van der Waals surface area contributed by atoms with Crippen molar-refractivity contribution in [1.82, 2.24) is 10.2 Å². The fraction of sp³-hybridized carbons (Fsp3) is 0.348. The molecule has 1 N–H and O–H groups in total. The summed E-state index contributed by atoms with van der Waals surface area (Å²) in [5.74, 6) is -0.136. The van der Waals surface area contributed by atoms with Crippen LogP contribution in [0.2, 0.25) is 0 Å². The lowest BCUT2D eigenvalue weighted by atomic mass is 10.1. The van der Waals surface area contributed by atoms with Crippen molar-refractivity contribution in [2.45, 2.75) is 13.2 Å². The van der Waals surface area contributed by atoms with Gasteiger partial charge >= 0.3 is 6.61 Å². The van der Waals surface area contributed by atoms with Gasteiger partial charge in [-0.05, 0) is 42.4 Å². The number of anilines is 1. The maximum Gasteiger partial charge on any atom is 0.387 e. The number of rotatable bonds is 8. The fourth-order valence-corrected chi connectivity index (χ4v) is 3.41. The number of benzene rings is 2. The number of nitrogens with zero attached hydrogens (tertiary/aromatic N) is 2. The molecule has 1 aliphatic rings. The highest BCUT2D eigenvalue weighted by molar-refractivity contribution is 5.91. The molecule has 1 heterocycles. The number of carbonyl (C=O) groups is 1. The van der Waals surface area contributed by atoms with Crippen LogP contribution in [0.1, 0.15) is 11.1 Å². The number of hydrogen-bond donors (Lipinski definition) is 1. The lowest BCUT2D eigenvalue weighted by Crippen LogP contribution is -2.45. The highest BCUT2D eigenvalue weighted by Gasteiger charge is 2.16. The third kappa shape index (κ3) is 6.42. The zero-order valence-electron chi connectivity index (χ0n) is 17.7. The van der Waals surface area contributed by atoms with Gasteiger partial charge in [-0.1, -0.05) is 24.3 Å². The summed E-state index contributed by atoms with van der Waals surface area (Å²) >= 11 is 0. The number of methoxy groups -OCH3 is 1. The summed E-state index contributed by atoms with van der Waals surface area (Å²) in [6, 6.07) is 12.6. The molecule has 6 nitrogen and oxygen atoms in total. The Morgan fingerprint density at radius 3 is 2.58 bits per heavy atom. The first-order valence-electron chi connectivity index (χ1n) is 10.1. The molecule has 166 valence electrons. The van der Waals surface area contributed by atoms with Crippen molar-refractivity contribution < 1.29 is 23.0 Å². The van der Waals surface area contributed by atoms with Crippen LogP contribution >= 0.6 is 0 Å². The second-order valence-electron chi connectivity index (χ2n) is 7.26. The first-order valence-corrected chi connectivity index (χ1v) is 10.1. The summed E-state index contributed by atoms with van der Waals surface area (Å²) in [5.41, 5.74) is 2.83. The molecule has 0 aromatic heterocycles. The Labute approximate surface area is 181 Å². The Balaban J connectivity index is 1.60. The Kier molecular flexibility index (Phi) is 7.83. The average molecular weight is 431 g/mol. The van der Waals surface area contributed by atoms with E-state index >= 15 is 0 Å². The third-order valence-corrected chi connectivity index (χ3v) is 5.12. The Bertz CT molecular complexity index is 913. The summed E-state index contributed by atoms with van der Waals surface area (Å²) in [6.45, 7) is 1.40. The van der Waals surface area contributed by atoms with Gasteiger partial charge in [-0.3, -0.25) is 4.79 Å². The molecule has 1 amide bonds. The predicted octanol–water partition coefficient (Wildman–Crippen LogP) is 3.38. The van der Waals surface area contributed by atoms with Crippen LogP contribution in [-0.4, -0.2) is 57.8 Å². The molecule has 1 fully saturated rings. The number of likely N-dealkylation sites (N-methyl/N-ethyl adjacent to an activating group) is 1. The van der Waals surface area contributed by atoms with E-state index in [0.717, 1.165) is 37.4 Å². The molecular weight excluding hydrogens is 404 g/mol. The van der Waals surface area contributed by atoms with Crippen LogP contribution in [0.5, 0.6) is 11.5 Å². The molecule has 2 aromatic rings. The van der Waals surface area contributed by atoms with Gasteiger partial charge in [0.1, 0.15) is 0 Å². The van der Waals surface area contributed by atoms with Gasteiger partial charge in [-0.15, -0.1) is 0 Å². The van der Waals surface area contributed by atoms with Crippen molar-refractivity contribution in [3.8, 4) is 11.5 Å². The predicted molar refractivity (Wildman–Crippen MR) is 117 cm³/mol. The molecule has 0 aliphatic carbocycles. The van der Waals surface area contributed by atoms with Gasteiger partial charge in [-0.25, -0.2) is 0 Å². The van der Waals surface area contributed by atoms with Gasteiger partial charge in [0.05, 0.1) is 7.11 Å². The fourth-order valence-electron chi connectivity index (χ4n) is 3.41. The number of amides is 1. The van der Waals surface area contributed by atoms with E-state index in [1.807, 2.05) is 18.2 Å². The van der Waals surface area contributed by atoms with E-state index in [2.05, 4.69) is 33.0 Å². The van der Waals surface area contributed by atoms with Crippen molar-refractivity contribution in [1.29, 1.82) is 0 Å². The van der Waals surface area contributed by atoms with E-state index in [1.54, 1.807) is 12.1 Å². The molecule has 8 heteroatoms. The summed E-state index contributed by atoms with van der Waals surface area (Å²) in [5, 5.41) is 2.91. The highest BCUT2D eigenvalue weighted by atomic mass is 19.3. The molecule has 3 rings (SSSR count). The number of halogens is 2. The van der Waals surface area contributed by atoms with Crippen LogP contribution in [0.15, 0.2) is 48.5 Å². The van der Waals surface area contributed by atoms with Crippen LogP contribution in [-0.2, 0) is 11.3 Å². The minimum absolute atomic E-state index is 0.0559. The van der Waals surface area contributed by atoms with Crippen LogP contribution < -0.4 is 19.7 Å². The third-order valence-electron chi connectivity index (χ3n) is 5.12. The quantitative estimate of drug-likeness (QED) is 0.650. The largest absolute Gasteiger partial charge is 0.493 e. The van der Waals surface area contributed by atoms with Gasteiger partial charge in [0.2, 0.25) is 5.91 Å². The highest BCUT2D eigenvalue weighted by Crippen LogP contribution is 2.29. The minimum atomic E-state index is -2.94. The molecular formula is C23H27F2N3O3. The van der Waals surface area contributed by atoms with Gasteiger partial charge in [0.25, 0.3) is 0 Å². The number of nitrogens with one attached hydrogen (secondary N) is 1. The summed E-state index contributed by atoms with van der Waals surface area (Å²) in [6.07, 6.45) is 3.00. The van der Waals surface area contributed by atoms with Gasteiger partial charge in [-0.2, -0.15) is 8.78 Å². The molecule has 0 spiro atoms. The Hall–Kier alpha value is -3.13. The van der Waals surface area contributed by atoms with Crippen molar-refractivity contribution in [3.63, 3.8) is 0 Å². The maximum atomic E-state index is 12.4. The van der Waals surface area contributed by atoms with E-state index < -0.39 is 6.61 Å². The molecule has 31 heavy (non-hydrogen) atoms. The van der Waals surface area contributed by atoms with Crippen LogP contribution in [0.3, 0.4) is 0 Å². The second kappa shape index (κ2) is 10.8. The smallest absolute Gasteiger partial charge is 0.387 e. The van der Waals surface area contributed by atoms with E-state index in [-0.39, 0.29) is 17.4 Å². The molecule has 0 unspecified atom stereocenters. The Morgan fingerprint density at radius 2 is 1.87 bits per heavy atom. The van der Waals surface area contributed by atoms with E-state index in [9.17, 15) is 13.6 Å². The number of para-hydroxylation sites is 1. The zero-order valence-corrected chi connectivity index (χ0v) is 17.7. The number of alkyl halides is 2. The monoisotopic (exact) mass is 431 g/mol. The normalized spacial score (nSPS) is 14.8. The first-order chi connectivity index (χ1) is 15.0. The standard InChI is InChI=1S/C23H27F2N3O3/c1-27-11-13-28(14-12-27)19-6-4-3-5-18(19)16-26-22(29)10-8-17-7-9-20(31-23(24)25)21(15-17)30-2/h3-10,15,23H,11-14,16H2,1-2H3,(H,26,29)/b10-8+.